The fourth-order valence-corrected chi connectivity index (χ4v) is 3.75. The van der Waals surface area contributed by atoms with Crippen molar-refractivity contribution in [3.05, 3.63) is 71.2 Å². The lowest BCUT2D eigenvalue weighted by Gasteiger charge is -2.27. The van der Waals surface area contributed by atoms with Gasteiger partial charge >= 0.3 is 0 Å². The molecule has 0 spiro atoms. The molecular formula is C23H20N4O3. The second-order valence-corrected chi connectivity index (χ2v) is 7.65. The first kappa shape index (κ1) is 19.4. The number of aliphatic hydroxyl groups is 1. The third-order valence-corrected chi connectivity index (χ3v) is 5.14. The van der Waals surface area contributed by atoms with Gasteiger partial charge in [-0.3, -0.25) is 14.5 Å². The van der Waals surface area contributed by atoms with Gasteiger partial charge in [0, 0.05) is 0 Å². The number of amides is 2. The maximum atomic E-state index is 13.0. The van der Waals surface area contributed by atoms with Crippen molar-refractivity contribution in [3.8, 4) is 6.07 Å². The van der Waals surface area contributed by atoms with Gasteiger partial charge < -0.3 is 10.1 Å². The molecule has 0 radical (unpaired) electrons. The zero-order valence-electron chi connectivity index (χ0n) is 16.6. The Morgan fingerprint density at radius 3 is 2.27 bits per heavy atom. The lowest BCUT2D eigenvalue weighted by atomic mass is 9.98. The first-order chi connectivity index (χ1) is 14.4. The molecule has 0 saturated carbocycles. The van der Waals surface area contributed by atoms with Crippen molar-refractivity contribution in [2.24, 2.45) is 5.92 Å². The van der Waals surface area contributed by atoms with Crippen molar-refractivity contribution in [1.29, 1.82) is 5.26 Å². The number of hydrogen-bond donors (Lipinski definition) is 2. The predicted molar refractivity (Wildman–Crippen MR) is 111 cm³/mol. The van der Waals surface area contributed by atoms with Gasteiger partial charge in [-0.05, 0) is 36.6 Å². The molecule has 7 nitrogen and oxygen atoms in total. The Kier molecular flexibility index (Phi) is 4.84. The number of H-pyrrole nitrogens is 1. The lowest BCUT2D eigenvalue weighted by molar-refractivity contribution is 0.0558. The van der Waals surface area contributed by atoms with E-state index in [1.165, 1.54) is 0 Å². The summed E-state index contributed by atoms with van der Waals surface area (Å²) in [5.41, 5.74) is 1.87. The Morgan fingerprint density at radius 1 is 1.10 bits per heavy atom. The van der Waals surface area contributed by atoms with E-state index in [1.807, 2.05) is 38.1 Å². The van der Waals surface area contributed by atoms with Gasteiger partial charge in [0.25, 0.3) is 11.8 Å². The van der Waals surface area contributed by atoms with Crippen LogP contribution in [0, 0.1) is 17.2 Å². The number of allylic oxidation sites excluding steroid dienone is 1. The molecule has 2 N–H and O–H groups in total. The van der Waals surface area contributed by atoms with E-state index in [9.17, 15) is 20.0 Å². The SMILES string of the molecule is CC(C)CC(/C(O)=C(\C#N)c1nc2ccccc2[nH]1)N1C(=O)c2ccccc2C1=O. The van der Waals surface area contributed by atoms with E-state index >= 15 is 0 Å². The van der Waals surface area contributed by atoms with Gasteiger partial charge in [-0.2, -0.15) is 5.26 Å². The number of fused-ring (bicyclic) bond motifs is 2. The molecule has 1 aliphatic heterocycles. The van der Waals surface area contributed by atoms with Crippen molar-refractivity contribution in [2.45, 2.75) is 26.3 Å². The summed E-state index contributed by atoms with van der Waals surface area (Å²) >= 11 is 0. The second-order valence-electron chi connectivity index (χ2n) is 7.65. The number of benzene rings is 2. The molecule has 1 atom stereocenters. The van der Waals surface area contributed by atoms with E-state index in [-0.39, 0.29) is 23.1 Å². The summed E-state index contributed by atoms with van der Waals surface area (Å²) in [5, 5.41) is 20.9. The minimum atomic E-state index is -0.972. The van der Waals surface area contributed by atoms with Gasteiger partial charge in [0.15, 0.2) is 5.82 Å². The van der Waals surface area contributed by atoms with Crippen LogP contribution in [0.5, 0.6) is 0 Å². The number of nitriles is 1. The van der Waals surface area contributed by atoms with E-state index in [2.05, 4.69) is 9.97 Å². The Hall–Kier alpha value is -3.92. The van der Waals surface area contributed by atoms with Crippen LogP contribution in [-0.4, -0.2) is 37.8 Å². The minimum Gasteiger partial charge on any atom is -0.509 e. The summed E-state index contributed by atoms with van der Waals surface area (Å²) in [6.07, 6.45) is 0.308. The maximum absolute atomic E-state index is 13.0. The number of hydrogen-bond acceptors (Lipinski definition) is 5. The first-order valence-electron chi connectivity index (χ1n) is 9.67. The van der Waals surface area contributed by atoms with Crippen LogP contribution < -0.4 is 0 Å². The zero-order chi connectivity index (χ0) is 21.4. The summed E-state index contributed by atoms with van der Waals surface area (Å²) in [5.74, 6) is -1.05. The fourth-order valence-electron chi connectivity index (χ4n) is 3.75. The number of imide groups is 1. The molecule has 2 aromatic carbocycles. The van der Waals surface area contributed by atoms with Crippen molar-refractivity contribution in [2.75, 3.05) is 0 Å². The van der Waals surface area contributed by atoms with Crippen molar-refractivity contribution in [1.82, 2.24) is 14.9 Å². The molecule has 150 valence electrons. The van der Waals surface area contributed by atoms with E-state index in [1.54, 1.807) is 30.3 Å². The number of nitrogens with zero attached hydrogens (tertiary/aromatic N) is 3. The van der Waals surface area contributed by atoms with Crippen LogP contribution >= 0.6 is 0 Å². The highest BCUT2D eigenvalue weighted by Gasteiger charge is 2.42. The molecular weight excluding hydrogens is 380 g/mol. The average molecular weight is 400 g/mol. The number of imidazole rings is 1. The molecule has 7 heteroatoms. The summed E-state index contributed by atoms with van der Waals surface area (Å²) in [4.78, 5) is 34.4. The number of rotatable bonds is 5. The average Bonchev–Trinajstić information content (AvgIpc) is 3.26. The van der Waals surface area contributed by atoms with E-state index in [4.69, 9.17) is 0 Å². The number of aromatic nitrogens is 2. The summed E-state index contributed by atoms with van der Waals surface area (Å²) in [6, 6.07) is 14.8. The monoisotopic (exact) mass is 400 g/mol. The summed E-state index contributed by atoms with van der Waals surface area (Å²) < 4.78 is 0. The van der Waals surface area contributed by atoms with Gasteiger partial charge in [-0.15, -0.1) is 0 Å². The maximum Gasteiger partial charge on any atom is 0.262 e. The zero-order valence-corrected chi connectivity index (χ0v) is 16.6. The van der Waals surface area contributed by atoms with Gasteiger partial charge in [-0.1, -0.05) is 38.1 Å². The van der Waals surface area contributed by atoms with Crippen LogP contribution in [0.4, 0.5) is 0 Å². The molecule has 0 fully saturated rings. The smallest absolute Gasteiger partial charge is 0.262 e. The quantitative estimate of drug-likeness (QED) is 0.381. The number of para-hydroxylation sites is 2. The number of aliphatic hydroxyl groups excluding tert-OH is 1. The molecule has 1 aliphatic rings. The Balaban J connectivity index is 1.83. The highest BCUT2D eigenvalue weighted by molar-refractivity contribution is 6.21. The van der Waals surface area contributed by atoms with Crippen LogP contribution in [0.3, 0.4) is 0 Å². The molecule has 2 heterocycles. The Morgan fingerprint density at radius 2 is 1.70 bits per heavy atom. The highest BCUT2D eigenvalue weighted by atomic mass is 16.3. The molecule has 1 aromatic heterocycles. The topological polar surface area (TPSA) is 110 Å². The largest absolute Gasteiger partial charge is 0.509 e. The van der Waals surface area contributed by atoms with E-state index < -0.39 is 17.9 Å². The van der Waals surface area contributed by atoms with Crippen LogP contribution in [0.25, 0.3) is 16.6 Å². The molecule has 1 unspecified atom stereocenters. The van der Waals surface area contributed by atoms with Crippen LogP contribution in [0.15, 0.2) is 54.3 Å². The normalized spacial score (nSPS) is 15.3. The number of nitrogens with one attached hydrogen (secondary N) is 1. The molecule has 4 rings (SSSR count). The third kappa shape index (κ3) is 3.12. The van der Waals surface area contributed by atoms with Gasteiger partial charge in [0.1, 0.15) is 17.4 Å². The standard InChI is InChI=1S/C23H20N4O3/c1-13(2)11-19(27-22(29)14-7-3-4-8-15(14)23(27)30)20(28)16(12-24)21-25-17-9-5-6-10-18(17)26-21/h3-10,13,19,28H,11H2,1-2H3,(H,25,26)/b20-16-. The minimum absolute atomic E-state index is 0.0529. The predicted octanol–water partition coefficient (Wildman–Crippen LogP) is 4.07. The lowest BCUT2D eigenvalue weighted by Crippen LogP contribution is -2.42. The van der Waals surface area contributed by atoms with Crippen molar-refractivity contribution >= 4 is 28.4 Å². The Labute approximate surface area is 173 Å². The van der Waals surface area contributed by atoms with E-state index in [0.717, 1.165) is 4.90 Å². The molecule has 0 bridgehead atoms. The first-order valence-corrected chi connectivity index (χ1v) is 9.67. The van der Waals surface area contributed by atoms with Gasteiger partial charge in [0.2, 0.25) is 0 Å². The Bertz CT molecular complexity index is 1160. The molecule has 0 saturated heterocycles. The molecule has 2 amide bonds. The molecule has 30 heavy (non-hydrogen) atoms. The van der Waals surface area contributed by atoms with Gasteiger partial charge in [-0.25, -0.2) is 4.98 Å². The third-order valence-electron chi connectivity index (χ3n) is 5.14. The van der Waals surface area contributed by atoms with Crippen LogP contribution in [0.1, 0.15) is 46.8 Å². The molecule has 0 aliphatic carbocycles. The number of carbonyl (C=O) groups excluding carboxylic acids is 2. The van der Waals surface area contributed by atoms with Crippen LogP contribution in [-0.2, 0) is 0 Å². The summed E-state index contributed by atoms with van der Waals surface area (Å²) in [6.45, 7) is 3.84. The van der Waals surface area contributed by atoms with Crippen LogP contribution in [0.2, 0.25) is 0 Å². The number of aromatic amines is 1. The number of carbonyl (C=O) groups is 2. The molecule has 3 aromatic rings. The van der Waals surface area contributed by atoms with Crippen molar-refractivity contribution < 1.29 is 14.7 Å². The van der Waals surface area contributed by atoms with E-state index in [0.29, 0.717) is 28.6 Å². The fraction of sp³-hybridized carbons (Fsp3) is 0.217. The van der Waals surface area contributed by atoms with Gasteiger partial charge in [0.05, 0.1) is 28.2 Å². The summed E-state index contributed by atoms with van der Waals surface area (Å²) in [7, 11) is 0. The second kappa shape index (κ2) is 7.48. The van der Waals surface area contributed by atoms with Crippen molar-refractivity contribution in [3.63, 3.8) is 0 Å². The highest BCUT2D eigenvalue weighted by Crippen LogP contribution is 2.32.